The Hall–Kier alpha value is 1.59. The van der Waals surface area contributed by atoms with Gasteiger partial charge < -0.3 is 0 Å². The van der Waals surface area contributed by atoms with E-state index in [4.69, 9.17) is 14.5 Å². The lowest BCUT2D eigenvalue weighted by molar-refractivity contribution is 0.387. The minimum Gasteiger partial charge on any atom is -0.200 e. The topological polar surface area (TPSA) is 36.9 Å². The van der Waals surface area contributed by atoms with Crippen LogP contribution in [0.3, 0.4) is 0 Å². The third-order valence-corrected chi connectivity index (χ3v) is 4.91. The zero-order valence-electron chi connectivity index (χ0n) is 6.71. The number of hydrogen-bond donors (Lipinski definition) is 1. The Labute approximate surface area is 93.2 Å². The van der Waals surface area contributed by atoms with Crippen molar-refractivity contribution in [2.75, 3.05) is 18.8 Å². The van der Waals surface area contributed by atoms with E-state index in [2.05, 4.69) is 12.9 Å². The summed E-state index contributed by atoms with van der Waals surface area (Å²) in [7, 11) is 0. The van der Waals surface area contributed by atoms with E-state index in [9.17, 15) is 0 Å². The second-order valence-electron chi connectivity index (χ2n) is 1.19. The van der Waals surface area contributed by atoms with Gasteiger partial charge in [0.25, 0.3) is 11.2 Å². The Morgan fingerprint density at radius 2 is 1.25 bits per heavy atom. The molecule has 0 spiro atoms. The lowest BCUT2D eigenvalue weighted by Gasteiger charge is -2.28. The van der Waals surface area contributed by atoms with Crippen molar-refractivity contribution in [3.05, 3.63) is 0 Å². The number of rotatable bonds is 7. The third-order valence-electron chi connectivity index (χ3n) is 0.545. The van der Waals surface area contributed by atoms with Crippen LogP contribution in [0, 0.1) is 0 Å². The van der Waals surface area contributed by atoms with Crippen molar-refractivity contribution in [2.45, 2.75) is 0 Å². The zero-order valence-corrected chi connectivity index (χ0v) is 10.9. The highest BCUT2D eigenvalue weighted by Crippen LogP contribution is 2.60. The van der Waals surface area contributed by atoms with E-state index in [1.165, 1.54) is 0 Å². The third kappa shape index (κ3) is 4.72. The predicted molar refractivity (Wildman–Crippen MR) is 61.5 cm³/mol. The van der Waals surface area contributed by atoms with Gasteiger partial charge in [-0.05, 0) is 12.9 Å². The second kappa shape index (κ2) is 7.94. The van der Waals surface area contributed by atoms with Crippen LogP contribution in [-0.4, -0.2) is 18.8 Å². The average Bonchev–Trinajstić information content (AvgIpc) is 2.06. The molecule has 0 radical (unpaired) electrons. The van der Waals surface area contributed by atoms with Crippen LogP contribution in [-0.2, 0) is 14.5 Å². The van der Waals surface area contributed by atoms with E-state index >= 15 is 0 Å². The van der Waals surface area contributed by atoms with Crippen LogP contribution in [0.15, 0.2) is 0 Å². The molecule has 0 N–H and O–H groups in total. The van der Waals surface area contributed by atoms with E-state index in [0.717, 1.165) is 36.1 Å². The summed E-state index contributed by atoms with van der Waals surface area (Å²) in [5.74, 6) is 0. The lowest BCUT2D eigenvalue weighted by atomic mass is 12.0. The Kier molecular flexibility index (Phi) is 9.00. The Balaban J connectivity index is 4.06. The fourth-order valence-electron chi connectivity index (χ4n) is 0.321. The molecule has 0 heterocycles. The molecular formula is C3H10O4S5. The van der Waals surface area contributed by atoms with E-state index in [-0.39, 0.29) is 0 Å². The summed E-state index contributed by atoms with van der Waals surface area (Å²) in [5, 5.41) is 0. The highest BCUT2D eigenvalue weighted by molar-refractivity contribution is 8.32. The van der Waals surface area contributed by atoms with Gasteiger partial charge in [-0.1, -0.05) is 0 Å². The molecule has 0 aromatic rings. The Morgan fingerprint density at radius 3 is 1.42 bits per heavy atom. The van der Waals surface area contributed by atoms with E-state index < -0.39 is 11.2 Å². The molecule has 0 amide bonds. The summed E-state index contributed by atoms with van der Waals surface area (Å²) in [4.78, 5) is 0. The van der Waals surface area contributed by atoms with Crippen molar-refractivity contribution >= 4 is 60.2 Å². The highest BCUT2D eigenvalue weighted by Gasteiger charge is 2.30. The van der Waals surface area contributed by atoms with E-state index in [1.807, 2.05) is 0 Å². The predicted octanol–water partition coefficient (Wildman–Crippen LogP) is 3.20. The van der Waals surface area contributed by atoms with Crippen LogP contribution in [0.5, 0.6) is 0 Å². The van der Waals surface area contributed by atoms with Crippen LogP contribution in [0.4, 0.5) is 0 Å². The maximum atomic E-state index is 5.07. The number of thiol groups is 1. The normalized spacial score (nSPS) is 13.3. The molecule has 0 aromatic carbocycles. The van der Waals surface area contributed by atoms with Crippen molar-refractivity contribution in [1.82, 2.24) is 0 Å². The van der Waals surface area contributed by atoms with Crippen LogP contribution < -0.4 is 0 Å². The second-order valence-corrected chi connectivity index (χ2v) is 5.23. The van der Waals surface area contributed by atoms with Crippen LogP contribution >= 0.6 is 60.2 Å². The minimum absolute atomic E-state index is 1.10. The van der Waals surface area contributed by atoms with Gasteiger partial charge in [0.1, 0.15) is 0 Å². The molecule has 0 unspecified atom stereocenters. The van der Waals surface area contributed by atoms with Crippen LogP contribution in [0.2, 0.25) is 0 Å². The molecule has 0 aromatic heterocycles. The number of hydrogen-bond acceptors (Lipinski definition) is 8. The molecule has 0 bridgehead atoms. The fourth-order valence-corrected chi connectivity index (χ4v) is 4.17. The molecule has 0 fully saturated rings. The summed E-state index contributed by atoms with van der Waals surface area (Å²) < 4.78 is 19.9. The summed E-state index contributed by atoms with van der Waals surface area (Å²) in [6, 6.07) is 0. The van der Waals surface area contributed by atoms with Gasteiger partial charge in [-0.2, -0.15) is 10.9 Å². The first-order valence-electron chi connectivity index (χ1n) is 2.57. The smallest absolute Gasteiger partial charge is 0.200 e. The molecule has 12 heavy (non-hydrogen) atoms. The fraction of sp³-hybridized carbons (Fsp3) is 1.00. The first kappa shape index (κ1) is 13.6. The molecule has 4 nitrogen and oxygen atoms in total. The molecule has 76 valence electrons. The highest BCUT2D eigenvalue weighted by atomic mass is 32.4. The molecular weight excluding hydrogens is 260 g/mol. The molecule has 0 aliphatic heterocycles. The van der Waals surface area contributed by atoms with Crippen molar-refractivity contribution in [2.24, 2.45) is 0 Å². The van der Waals surface area contributed by atoms with Gasteiger partial charge in [-0.15, -0.1) is 0 Å². The molecule has 0 saturated carbocycles. The van der Waals surface area contributed by atoms with Crippen molar-refractivity contribution < 1.29 is 14.5 Å². The summed E-state index contributed by atoms with van der Waals surface area (Å²) in [6.45, 7) is 0. The molecule has 0 aliphatic rings. The van der Waals surface area contributed by atoms with E-state index in [1.54, 1.807) is 18.8 Å². The molecule has 0 aliphatic carbocycles. The maximum absolute atomic E-state index is 5.07. The van der Waals surface area contributed by atoms with Crippen molar-refractivity contribution in [3.63, 3.8) is 0 Å². The van der Waals surface area contributed by atoms with Gasteiger partial charge in [-0.25, -0.2) is 3.63 Å². The summed E-state index contributed by atoms with van der Waals surface area (Å²) in [6.07, 6.45) is 5.21. The van der Waals surface area contributed by atoms with Gasteiger partial charge >= 0.3 is 0 Å². The maximum Gasteiger partial charge on any atom is 0.270 e. The largest absolute Gasteiger partial charge is 0.270 e. The van der Waals surface area contributed by atoms with Gasteiger partial charge in [0, 0.05) is 54.9 Å². The van der Waals surface area contributed by atoms with Gasteiger partial charge in [0.2, 0.25) is 0 Å². The molecule has 0 atom stereocenters. The summed E-state index contributed by atoms with van der Waals surface area (Å²) >= 11 is 4.49. The Morgan fingerprint density at radius 1 is 0.917 bits per heavy atom. The average molecular weight is 270 g/mol. The molecule has 0 rings (SSSR count). The first-order chi connectivity index (χ1) is 5.74. The summed E-state index contributed by atoms with van der Waals surface area (Å²) in [5.41, 5.74) is 0. The standard InChI is InChI=1S/C3H10O4S5/c1-9-5-12(4-8,6-10-2)7-11-3/h8H,1-3H3. The zero-order chi connectivity index (χ0) is 9.45. The SMILES string of the molecule is CSOS(OS)(OSC)OSC. The first-order valence-corrected chi connectivity index (χ1v) is 7.72. The molecule has 0 saturated heterocycles. The Bertz CT molecular complexity index is 95.8. The van der Waals surface area contributed by atoms with Crippen molar-refractivity contribution in [3.8, 4) is 0 Å². The van der Waals surface area contributed by atoms with Gasteiger partial charge in [0.15, 0.2) is 0 Å². The van der Waals surface area contributed by atoms with Crippen LogP contribution in [0.1, 0.15) is 0 Å². The van der Waals surface area contributed by atoms with Crippen molar-refractivity contribution in [1.29, 1.82) is 0 Å². The molecule has 9 heteroatoms. The quantitative estimate of drug-likeness (QED) is 0.562. The lowest BCUT2D eigenvalue weighted by Crippen LogP contribution is -2.02. The van der Waals surface area contributed by atoms with Gasteiger partial charge in [0.05, 0.1) is 0 Å². The van der Waals surface area contributed by atoms with Crippen LogP contribution in [0.25, 0.3) is 0 Å². The monoisotopic (exact) mass is 270 g/mol. The van der Waals surface area contributed by atoms with Gasteiger partial charge in [-0.3, -0.25) is 0 Å². The van der Waals surface area contributed by atoms with E-state index in [0.29, 0.717) is 0 Å². The minimum atomic E-state index is -2.43.